The molecule has 0 aliphatic carbocycles. The summed E-state index contributed by atoms with van der Waals surface area (Å²) in [4.78, 5) is 15.4. The Morgan fingerprint density at radius 1 is 1.75 bits per heavy atom. The minimum atomic E-state index is -0.173. The van der Waals surface area contributed by atoms with Gasteiger partial charge in [0.2, 0.25) is 5.78 Å². The summed E-state index contributed by atoms with van der Waals surface area (Å²) in [7, 11) is 1.89. The maximum absolute atomic E-state index is 10.8. The number of Topliss-reactive ketones (excluding diaryl/α,β-unsaturated/α-hetero) is 1. The first-order chi connectivity index (χ1) is 5.70. The van der Waals surface area contributed by atoms with Crippen LogP contribution in [0, 0.1) is 0 Å². The van der Waals surface area contributed by atoms with Crippen molar-refractivity contribution in [2.45, 2.75) is 6.42 Å². The SMILES string of the molecule is C=CCN(C)CCC(=O)C=[N+]=[N-]. The highest BCUT2D eigenvalue weighted by Gasteiger charge is 2.03. The Labute approximate surface area is 72.1 Å². The molecule has 0 atom stereocenters. The third-order valence-corrected chi connectivity index (χ3v) is 1.38. The Kier molecular flexibility index (Phi) is 5.79. The van der Waals surface area contributed by atoms with Crippen molar-refractivity contribution < 1.29 is 9.58 Å². The molecule has 0 unspecified atom stereocenters. The van der Waals surface area contributed by atoms with Crippen LogP contribution >= 0.6 is 0 Å². The average Bonchev–Trinajstić information content (AvgIpc) is 2.02. The van der Waals surface area contributed by atoms with Crippen molar-refractivity contribution in [3.05, 3.63) is 18.2 Å². The number of carbonyl (C=O) groups is 1. The maximum atomic E-state index is 10.8. The Morgan fingerprint density at radius 3 is 2.92 bits per heavy atom. The van der Waals surface area contributed by atoms with E-state index in [2.05, 4.69) is 11.4 Å². The van der Waals surface area contributed by atoms with Crippen molar-refractivity contribution in [3.63, 3.8) is 0 Å². The summed E-state index contributed by atoms with van der Waals surface area (Å²) in [6.07, 6.45) is 3.06. The topological polar surface area (TPSA) is 56.7 Å². The Hall–Kier alpha value is -1.25. The number of nitrogens with zero attached hydrogens (tertiary/aromatic N) is 3. The molecule has 0 spiro atoms. The molecule has 0 aliphatic heterocycles. The first kappa shape index (κ1) is 10.8. The number of carbonyl (C=O) groups excluding carboxylic acids is 1. The number of rotatable bonds is 6. The van der Waals surface area contributed by atoms with Gasteiger partial charge in [-0.3, -0.25) is 4.79 Å². The lowest BCUT2D eigenvalue weighted by molar-refractivity contribution is -0.116. The van der Waals surface area contributed by atoms with Gasteiger partial charge in [-0.2, -0.15) is 4.79 Å². The van der Waals surface area contributed by atoms with Crippen molar-refractivity contribution in [2.24, 2.45) is 0 Å². The molecule has 0 heterocycles. The minimum absolute atomic E-state index is 0.173. The zero-order valence-electron chi connectivity index (χ0n) is 7.23. The molecular formula is C8H13N3O. The molecule has 4 nitrogen and oxygen atoms in total. The largest absolute Gasteiger partial charge is 0.361 e. The molecule has 0 aromatic carbocycles. The first-order valence-electron chi connectivity index (χ1n) is 3.70. The lowest BCUT2D eigenvalue weighted by Crippen LogP contribution is -2.22. The molecule has 66 valence electrons. The summed E-state index contributed by atoms with van der Waals surface area (Å²) in [5.74, 6) is -0.173. The third kappa shape index (κ3) is 5.53. The van der Waals surface area contributed by atoms with E-state index < -0.39 is 0 Å². The van der Waals surface area contributed by atoms with Crippen LogP contribution in [0.15, 0.2) is 12.7 Å². The standard InChI is InChI=1S/C8H13N3O/c1-3-5-11(2)6-4-8(12)7-10-9/h3,7H,1,4-6H2,2H3. The summed E-state index contributed by atoms with van der Waals surface area (Å²) in [6.45, 7) is 4.97. The van der Waals surface area contributed by atoms with Gasteiger partial charge in [0.25, 0.3) is 0 Å². The summed E-state index contributed by atoms with van der Waals surface area (Å²) < 4.78 is 0. The smallest absolute Gasteiger partial charge is 0.323 e. The predicted octanol–water partition coefficient (Wildman–Crippen LogP) is 0.364. The van der Waals surface area contributed by atoms with Crippen molar-refractivity contribution >= 4 is 12.0 Å². The molecule has 0 rings (SSSR count). The summed E-state index contributed by atoms with van der Waals surface area (Å²) in [5.41, 5.74) is 8.02. The van der Waals surface area contributed by atoms with Crippen LogP contribution in [0.5, 0.6) is 0 Å². The van der Waals surface area contributed by atoms with Gasteiger partial charge in [-0.1, -0.05) is 6.08 Å². The van der Waals surface area contributed by atoms with Crippen LogP contribution in [0.2, 0.25) is 0 Å². The van der Waals surface area contributed by atoms with Crippen molar-refractivity contribution in [2.75, 3.05) is 20.1 Å². The molecule has 0 saturated carbocycles. The molecule has 0 fully saturated rings. The van der Waals surface area contributed by atoms with Gasteiger partial charge < -0.3 is 10.4 Å². The molecular weight excluding hydrogens is 154 g/mol. The number of hydrogen-bond acceptors (Lipinski definition) is 2. The second-order valence-corrected chi connectivity index (χ2v) is 2.51. The van der Waals surface area contributed by atoms with Gasteiger partial charge >= 0.3 is 6.21 Å². The fourth-order valence-electron chi connectivity index (χ4n) is 0.742. The maximum Gasteiger partial charge on any atom is 0.323 e. The van der Waals surface area contributed by atoms with Crippen molar-refractivity contribution in [1.29, 1.82) is 0 Å². The third-order valence-electron chi connectivity index (χ3n) is 1.38. The van der Waals surface area contributed by atoms with Crippen LogP contribution < -0.4 is 0 Å². The molecule has 0 bridgehead atoms. The Bertz CT molecular complexity index is 206. The van der Waals surface area contributed by atoms with Gasteiger partial charge in [-0.05, 0) is 7.05 Å². The van der Waals surface area contributed by atoms with Crippen LogP contribution in [0.3, 0.4) is 0 Å². The Balaban J connectivity index is 3.59. The summed E-state index contributed by atoms with van der Waals surface area (Å²) >= 11 is 0. The van der Waals surface area contributed by atoms with Crippen LogP contribution in [0.25, 0.3) is 5.53 Å². The van der Waals surface area contributed by atoms with E-state index in [4.69, 9.17) is 5.53 Å². The monoisotopic (exact) mass is 167 g/mol. The van der Waals surface area contributed by atoms with Crippen LogP contribution in [0.4, 0.5) is 0 Å². The number of ketones is 1. The molecule has 0 aromatic heterocycles. The second-order valence-electron chi connectivity index (χ2n) is 2.51. The predicted molar refractivity (Wildman–Crippen MR) is 47.0 cm³/mol. The van der Waals surface area contributed by atoms with E-state index in [1.807, 2.05) is 11.9 Å². The zero-order chi connectivity index (χ0) is 9.40. The zero-order valence-corrected chi connectivity index (χ0v) is 7.23. The van der Waals surface area contributed by atoms with Gasteiger partial charge in [0.05, 0.1) is 0 Å². The first-order valence-corrected chi connectivity index (χ1v) is 3.70. The van der Waals surface area contributed by atoms with Crippen LogP contribution in [0.1, 0.15) is 6.42 Å². The highest BCUT2D eigenvalue weighted by atomic mass is 16.1. The van der Waals surface area contributed by atoms with Crippen molar-refractivity contribution in [1.82, 2.24) is 4.90 Å². The van der Waals surface area contributed by atoms with Gasteiger partial charge in [-0.15, -0.1) is 6.58 Å². The molecule has 0 amide bonds. The average molecular weight is 167 g/mol. The Morgan fingerprint density at radius 2 is 2.42 bits per heavy atom. The highest BCUT2D eigenvalue weighted by molar-refractivity contribution is 6.25. The number of hydrogen-bond donors (Lipinski definition) is 0. The summed E-state index contributed by atoms with van der Waals surface area (Å²) in [5, 5.41) is 0. The quantitative estimate of drug-likeness (QED) is 0.248. The van der Waals surface area contributed by atoms with E-state index in [0.29, 0.717) is 13.0 Å². The lowest BCUT2D eigenvalue weighted by Gasteiger charge is -2.11. The minimum Gasteiger partial charge on any atom is -0.361 e. The van der Waals surface area contributed by atoms with E-state index in [-0.39, 0.29) is 5.78 Å². The van der Waals surface area contributed by atoms with E-state index in [0.717, 1.165) is 12.8 Å². The molecule has 0 aromatic rings. The van der Waals surface area contributed by atoms with Gasteiger partial charge in [0.1, 0.15) is 0 Å². The fourth-order valence-corrected chi connectivity index (χ4v) is 0.742. The van der Waals surface area contributed by atoms with Crippen molar-refractivity contribution in [3.8, 4) is 0 Å². The fraction of sp³-hybridized carbons (Fsp3) is 0.500. The van der Waals surface area contributed by atoms with E-state index >= 15 is 0 Å². The summed E-state index contributed by atoms with van der Waals surface area (Å²) in [6, 6.07) is 0. The van der Waals surface area contributed by atoms with E-state index in [9.17, 15) is 4.79 Å². The lowest BCUT2D eigenvalue weighted by atomic mass is 10.3. The molecule has 12 heavy (non-hydrogen) atoms. The van der Waals surface area contributed by atoms with Crippen LogP contribution in [-0.4, -0.2) is 41.8 Å². The van der Waals surface area contributed by atoms with E-state index in [1.54, 1.807) is 6.08 Å². The molecule has 0 radical (unpaired) electrons. The second kappa shape index (κ2) is 6.46. The number of likely N-dealkylation sites (N-methyl/N-ethyl adjacent to an activating group) is 1. The van der Waals surface area contributed by atoms with Gasteiger partial charge in [0, 0.05) is 19.5 Å². The van der Waals surface area contributed by atoms with Crippen LogP contribution in [-0.2, 0) is 4.79 Å². The van der Waals surface area contributed by atoms with E-state index in [1.165, 1.54) is 0 Å². The molecule has 0 saturated heterocycles. The molecule has 0 aliphatic rings. The van der Waals surface area contributed by atoms with Gasteiger partial charge in [0.15, 0.2) is 0 Å². The van der Waals surface area contributed by atoms with Gasteiger partial charge in [-0.25, -0.2) is 0 Å². The molecule has 0 N–H and O–H groups in total. The molecule has 4 heteroatoms. The normalized spacial score (nSPS) is 9.17. The highest BCUT2D eigenvalue weighted by Crippen LogP contribution is 1.87.